The Labute approximate surface area is 90.8 Å². The zero-order valence-electron chi connectivity index (χ0n) is 9.75. The van der Waals surface area contributed by atoms with Gasteiger partial charge in [0, 0.05) is 6.42 Å². The van der Waals surface area contributed by atoms with Crippen LogP contribution in [-0.4, -0.2) is 22.3 Å². The number of hydrogen-bond donors (Lipinski definition) is 1. The zero-order chi connectivity index (χ0) is 11.3. The Kier molecular flexibility index (Phi) is 2.34. The lowest BCUT2D eigenvalue weighted by atomic mass is 9.64. The lowest BCUT2D eigenvalue weighted by Gasteiger charge is -2.49. The Morgan fingerprint density at radius 3 is 2.80 bits per heavy atom. The van der Waals surface area contributed by atoms with Crippen molar-refractivity contribution in [3.63, 3.8) is 0 Å². The second-order valence-corrected chi connectivity index (χ2v) is 5.89. The first-order valence-corrected chi connectivity index (χ1v) is 5.74. The second kappa shape index (κ2) is 3.21. The van der Waals surface area contributed by atoms with Crippen molar-refractivity contribution in [2.24, 2.45) is 11.8 Å². The molecule has 2 rings (SSSR count). The molecule has 0 aromatic heterocycles. The molecule has 0 radical (unpaired) electrons. The molecule has 0 amide bonds. The number of fused-ring (bicyclic) bond motifs is 2. The molecule has 3 atom stereocenters. The molecule has 2 bridgehead atoms. The minimum absolute atomic E-state index is 0.0947. The van der Waals surface area contributed by atoms with Gasteiger partial charge in [0.2, 0.25) is 0 Å². The SMILES string of the molecule is CC(C)(O)[C@H]1CC[C@@]2(C)C[C@H]1CC(=O)O2. The summed E-state index contributed by atoms with van der Waals surface area (Å²) in [6, 6.07) is 0. The van der Waals surface area contributed by atoms with Gasteiger partial charge in [-0.15, -0.1) is 0 Å². The van der Waals surface area contributed by atoms with E-state index in [0.29, 0.717) is 12.3 Å². The average molecular weight is 212 g/mol. The number of aliphatic hydroxyl groups is 1. The summed E-state index contributed by atoms with van der Waals surface area (Å²) in [4.78, 5) is 11.5. The van der Waals surface area contributed by atoms with Gasteiger partial charge in [0.25, 0.3) is 0 Å². The molecule has 2 fully saturated rings. The van der Waals surface area contributed by atoms with E-state index in [0.717, 1.165) is 19.3 Å². The maximum atomic E-state index is 11.5. The number of carbonyl (C=O) groups excluding carboxylic acids is 1. The third-order valence-electron chi connectivity index (χ3n) is 3.94. The Morgan fingerprint density at radius 2 is 2.20 bits per heavy atom. The number of carbonyl (C=O) groups is 1. The Bertz CT molecular complexity index is 279. The molecule has 1 heterocycles. The van der Waals surface area contributed by atoms with Gasteiger partial charge in [-0.2, -0.15) is 0 Å². The fraction of sp³-hybridized carbons (Fsp3) is 0.917. The second-order valence-electron chi connectivity index (χ2n) is 5.89. The van der Waals surface area contributed by atoms with Crippen LogP contribution in [0.1, 0.15) is 46.5 Å². The molecule has 0 aromatic rings. The van der Waals surface area contributed by atoms with E-state index in [1.807, 2.05) is 20.8 Å². The lowest BCUT2D eigenvalue weighted by Crippen LogP contribution is -2.51. The fourth-order valence-corrected chi connectivity index (χ4v) is 3.26. The minimum Gasteiger partial charge on any atom is -0.459 e. The molecular formula is C12H20O3. The normalized spacial score (nSPS) is 41.2. The highest BCUT2D eigenvalue weighted by atomic mass is 16.6. The number of esters is 1. The van der Waals surface area contributed by atoms with Gasteiger partial charge in [-0.1, -0.05) is 0 Å². The number of rotatable bonds is 1. The van der Waals surface area contributed by atoms with Gasteiger partial charge >= 0.3 is 5.97 Å². The van der Waals surface area contributed by atoms with E-state index in [1.165, 1.54) is 0 Å². The van der Waals surface area contributed by atoms with E-state index in [4.69, 9.17) is 4.74 Å². The molecule has 3 heteroatoms. The topological polar surface area (TPSA) is 46.5 Å². The summed E-state index contributed by atoms with van der Waals surface area (Å²) in [5, 5.41) is 10.1. The fourth-order valence-electron chi connectivity index (χ4n) is 3.26. The first-order valence-electron chi connectivity index (χ1n) is 5.74. The third kappa shape index (κ3) is 2.03. The van der Waals surface area contributed by atoms with Crippen LogP contribution in [-0.2, 0) is 9.53 Å². The zero-order valence-corrected chi connectivity index (χ0v) is 9.75. The Hall–Kier alpha value is -0.570. The van der Waals surface area contributed by atoms with Gasteiger partial charge in [0.1, 0.15) is 5.60 Å². The summed E-state index contributed by atoms with van der Waals surface area (Å²) in [6.45, 7) is 5.71. The standard InChI is InChI=1S/C12H20O3/c1-11(2,14)9-4-5-12(3)7-8(9)6-10(13)15-12/h8-9,14H,4-7H2,1-3H3/t8-,9+,12+/m1/s1. The molecule has 1 saturated carbocycles. The van der Waals surface area contributed by atoms with Crippen LogP contribution >= 0.6 is 0 Å². The van der Waals surface area contributed by atoms with Crippen LogP contribution < -0.4 is 0 Å². The van der Waals surface area contributed by atoms with Gasteiger partial charge < -0.3 is 9.84 Å². The maximum absolute atomic E-state index is 11.5. The molecule has 0 aromatic carbocycles. The third-order valence-corrected chi connectivity index (χ3v) is 3.94. The van der Waals surface area contributed by atoms with Crippen molar-refractivity contribution in [1.82, 2.24) is 0 Å². The van der Waals surface area contributed by atoms with Gasteiger partial charge in [-0.3, -0.25) is 4.79 Å². The van der Waals surface area contributed by atoms with Crippen LogP contribution in [0.15, 0.2) is 0 Å². The number of ether oxygens (including phenoxy) is 1. The highest BCUT2D eigenvalue weighted by Gasteiger charge is 2.48. The van der Waals surface area contributed by atoms with E-state index in [9.17, 15) is 9.90 Å². The van der Waals surface area contributed by atoms with Gasteiger partial charge in [0.05, 0.1) is 5.60 Å². The van der Waals surface area contributed by atoms with Gasteiger partial charge in [-0.25, -0.2) is 0 Å². The predicted molar refractivity (Wildman–Crippen MR) is 56.2 cm³/mol. The first-order chi connectivity index (χ1) is 6.80. The molecule has 1 N–H and O–H groups in total. The summed E-state index contributed by atoms with van der Waals surface area (Å²) in [5.41, 5.74) is -0.939. The average Bonchev–Trinajstić information content (AvgIpc) is 1.97. The molecule has 1 saturated heterocycles. The van der Waals surface area contributed by atoms with Crippen molar-refractivity contribution >= 4 is 5.97 Å². The lowest BCUT2D eigenvalue weighted by molar-refractivity contribution is -0.185. The molecule has 2 aliphatic rings. The highest BCUT2D eigenvalue weighted by Crippen LogP contribution is 2.47. The summed E-state index contributed by atoms with van der Waals surface area (Å²) in [5.74, 6) is 0.436. The first kappa shape index (κ1) is 10.9. The van der Waals surface area contributed by atoms with Gasteiger partial charge in [0.15, 0.2) is 0 Å². The van der Waals surface area contributed by atoms with E-state index in [-0.39, 0.29) is 17.5 Å². The quantitative estimate of drug-likeness (QED) is 0.675. The van der Waals surface area contributed by atoms with E-state index in [1.54, 1.807) is 0 Å². The summed E-state index contributed by atoms with van der Waals surface area (Å²) < 4.78 is 5.39. The molecular weight excluding hydrogens is 192 g/mol. The van der Waals surface area contributed by atoms with Crippen molar-refractivity contribution in [1.29, 1.82) is 0 Å². The van der Waals surface area contributed by atoms with Crippen LogP contribution in [0.3, 0.4) is 0 Å². The van der Waals surface area contributed by atoms with E-state index >= 15 is 0 Å². The van der Waals surface area contributed by atoms with Crippen molar-refractivity contribution in [2.75, 3.05) is 0 Å². The monoisotopic (exact) mass is 212 g/mol. The maximum Gasteiger partial charge on any atom is 0.306 e. The molecule has 3 nitrogen and oxygen atoms in total. The largest absolute Gasteiger partial charge is 0.459 e. The van der Waals surface area contributed by atoms with Crippen molar-refractivity contribution < 1.29 is 14.6 Å². The van der Waals surface area contributed by atoms with Crippen molar-refractivity contribution in [2.45, 2.75) is 57.7 Å². The summed E-state index contributed by atoms with van der Waals surface area (Å²) >= 11 is 0. The molecule has 1 aliphatic carbocycles. The van der Waals surface area contributed by atoms with E-state index in [2.05, 4.69) is 0 Å². The van der Waals surface area contributed by atoms with Crippen LogP contribution in [0, 0.1) is 11.8 Å². The minimum atomic E-state index is -0.677. The Morgan fingerprint density at radius 1 is 1.53 bits per heavy atom. The highest BCUT2D eigenvalue weighted by molar-refractivity contribution is 5.71. The van der Waals surface area contributed by atoms with Crippen molar-refractivity contribution in [3.05, 3.63) is 0 Å². The molecule has 1 aliphatic heterocycles. The molecule has 15 heavy (non-hydrogen) atoms. The predicted octanol–water partition coefficient (Wildman–Crippen LogP) is 1.88. The van der Waals surface area contributed by atoms with Crippen LogP contribution in [0.2, 0.25) is 0 Å². The van der Waals surface area contributed by atoms with Crippen molar-refractivity contribution in [3.8, 4) is 0 Å². The van der Waals surface area contributed by atoms with E-state index < -0.39 is 5.60 Å². The number of hydrogen-bond acceptors (Lipinski definition) is 3. The smallest absolute Gasteiger partial charge is 0.306 e. The molecule has 86 valence electrons. The van der Waals surface area contributed by atoms with Crippen LogP contribution in [0.4, 0.5) is 0 Å². The van der Waals surface area contributed by atoms with Crippen LogP contribution in [0.5, 0.6) is 0 Å². The van der Waals surface area contributed by atoms with Crippen LogP contribution in [0.25, 0.3) is 0 Å². The summed E-state index contributed by atoms with van der Waals surface area (Å²) in [7, 11) is 0. The molecule has 0 spiro atoms. The summed E-state index contributed by atoms with van der Waals surface area (Å²) in [6.07, 6.45) is 3.22. The van der Waals surface area contributed by atoms with Gasteiger partial charge in [-0.05, 0) is 51.9 Å². The molecule has 0 unspecified atom stereocenters. The Balaban J connectivity index is 2.19.